The van der Waals surface area contributed by atoms with E-state index in [0.29, 0.717) is 26.2 Å². The highest BCUT2D eigenvalue weighted by molar-refractivity contribution is 5.27. The Kier molecular flexibility index (Phi) is 15.5. The minimum Gasteiger partial charge on any atom is -0.510 e. The van der Waals surface area contributed by atoms with Crippen LogP contribution in [0.4, 0.5) is 0 Å². The fourth-order valence-electron chi connectivity index (χ4n) is 7.64. The van der Waals surface area contributed by atoms with E-state index in [1.807, 2.05) is 152 Å². The van der Waals surface area contributed by atoms with E-state index in [9.17, 15) is 10.2 Å². The van der Waals surface area contributed by atoms with Gasteiger partial charge in [-0.05, 0) is 27.8 Å². The summed E-state index contributed by atoms with van der Waals surface area (Å²) in [6.07, 6.45) is -3.57. The molecule has 310 valence electrons. The first-order valence-corrected chi connectivity index (χ1v) is 20.2. The van der Waals surface area contributed by atoms with Gasteiger partial charge in [0.2, 0.25) is 0 Å². The van der Waals surface area contributed by atoms with Crippen molar-refractivity contribution in [3.05, 3.63) is 191 Å². The molecule has 5 aromatic rings. The number of ether oxygens (including phenoxy) is 8. The standard InChI is InChI=1S/C49H54O10/c1-52-48-46(56-33-39-23-13-5-14-24-39)45-47(57-34-40-25-15-6-16-26-40)49(45,43(58-48)35-54-31-37-19-9-3-10-20-37)59-44(51)29-41(50)42(55-32-38-21-11-4-12-22-38)27-28-53-30-36-17-7-2-8-18-36/h2-26,29,42-48,50-51H,27-28,30-35H2,1H3/b41-29-/t42-,43?,44+,45?,46?,47?,48+,49-/m1/s1. The number of hydrogen-bond donors (Lipinski definition) is 2. The summed E-state index contributed by atoms with van der Waals surface area (Å²) in [6.45, 7) is 1.97. The van der Waals surface area contributed by atoms with Gasteiger partial charge in [-0.2, -0.15) is 0 Å². The van der Waals surface area contributed by atoms with Crippen molar-refractivity contribution in [1.82, 2.24) is 0 Å². The fraction of sp³-hybridized carbons (Fsp3) is 0.347. The summed E-state index contributed by atoms with van der Waals surface area (Å²) in [5.41, 5.74) is 3.68. The molecule has 1 aliphatic carbocycles. The SMILES string of the molecule is CO[C@H]1OC(COCc2ccccc2)[C@]2(O[C@H](O)/C=C(\O)[C@@H](CCOCc3ccccc3)OCc3ccccc3)C(OCc3ccccc3)C2C1OCc1ccccc1. The summed E-state index contributed by atoms with van der Waals surface area (Å²) in [4.78, 5) is 0. The second-order valence-electron chi connectivity index (χ2n) is 14.8. The summed E-state index contributed by atoms with van der Waals surface area (Å²) in [7, 11) is 1.58. The summed E-state index contributed by atoms with van der Waals surface area (Å²) in [5.74, 6) is -0.631. The molecule has 1 saturated heterocycles. The van der Waals surface area contributed by atoms with Crippen LogP contribution in [0.5, 0.6) is 0 Å². The Morgan fingerprint density at radius 2 is 1.12 bits per heavy atom. The number of aliphatic hydroxyl groups is 2. The number of aliphatic hydroxyl groups excluding tert-OH is 2. The van der Waals surface area contributed by atoms with E-state index in [-0.39, 0.29) is 32.2 Å². The van der Waals surface area contributed by atoms with Gasteiger partial charge in [0.1, 0.15) is 29.7 Å². The summed E-state index contributed by atoms with van der Waals surface area (Å²) >= 11 is 0. The van der Waals surface area contributed by atoms with Crippen LogP contribution in [-0.4, -0.2) is 73.1 Å². The lowest BCUT2D eigenvalue weighted by Crippen LogP contribution is -2.54. The lowest BCUT2D eigenvalue weighted by Gasteiger charge is -2.40. The van der Waals surface area contributed by atoms with Crippen LogP contribution < -0.4 is 0 Å². The molecule has 0 radical (unpaired) electrons. The number of hydrogen-bond acceptors (Lipinski definition) is 10. The van der Waals surface area contributed by atoms with E-state index in [0.717, 1.165) is 27.8 Å². The molecular formula is C49H54O10. The highest BCUT2D eigenvalue weighted by Crippen LogP contribution is 2.60. The van der Waals surface area contributed by atoms with Crippen LogP contribution in [0.2, 0.25) is 0 Å². The number of rotatable bonds is 23. The zero-order valence-corrected chi connectivity index (χ0v) is 33.4. The lowest BCUT2D eigenvalue weighted by atomic mass is 10.0. The average Bonchev–Trinajstić information content (AvgIpc) is 3.93. The molecule has 2 fully saturated rings. The monoisotopic (exact) mass is 802 g/mol. The van der Waals surface area contributed by atoms with Crippen LogP contribution in [0, 0.1) is 5.92 Å². The highest BCUT2D eigenvalue weighted by Gasteiger charge is 2.79. The number of methoxy groups -OCH3 is 1. The van der Waals surface area contributed by atoms with Gasteiger partial charge in [0.25, 0.3) is 0 Å². The first-order chi connectivity index (χ1) is 29.0. The molecule has 0 amide bonds. The van der Waals surface area contributed by atoms with E-state index in [1.165, 1.54) is 6.08 Å². The molecule has 0 aromatic heterocycles. The van der Waals surface area contributed by atoms with Crippen LogP contribution >= 0.6 is 0 Å². The molecule has 10 heteroatoms. The molecule has 7 rings (SSSR count). The van der Waals surface area contributed by atoms with Crippen molar-refractivity contribution < 1.29 is 48.1 Å². The maximum Gasteiger partial charge on any atom is 0.184 e. The van der Waals surface area contributed by atoms with Gasteiger partial charge in [-0.15, -0.1) is 0 Å². The summed E-state index contributed by atoms with van der Waals surface area (Å²) in [5, 5.41) is 23.4. The molecule has 8 atom stereocenters. The smallest absolute Gasteiger partial charge is 0.184 e. The minimum atomic E-state index is -1.59. The van der Waals surface area contributed by atoms with Crippen molar-refractivity contribution in [2.45, 2.75) is 82.1 Å². The molecule has 1 saturated carbocycles. The Hall–Kier alpha value is -4.72. The summed E-state index contributed by atoms with van der Waals surface area (Å²) in [6, 6.07) is 49.2. The predicted octanol–water partition coefficient (Wildman–Crippen LogP) is 8.08. The highest BCUT2D eigenvalue weighted by atomic mass is 16.7. The van der Waals surface area contributed by atoms with Gasteiger partial charge in [-0.25, -0.2) is 0 Å². The van der Waals surface area contributed by atoms with Crippen molar-refractivity contribution in [1.29, 1.82) is 0 Å². The van der Waals surface area contributed by atoms with Crippen LogP contribution in [0.1, 0.15) is 34.2 Å². The zero-order valence-electron chi connectivity index (χ0n) is 33.4. The van der Waals surface area contributed by atoms with Crippen molar-refractivity contribution in [3.8, 4) is 0 Å². The maximum absolute atomic E-state index is 11.8. The number of benzene rings is 5. The third kappa shape index (κ3) is 11.5. The van der Waals surface area contributed by atoms with Crippen LogP contribution in [0.15, 0.2) is 163 Å². The minimum absolute atomic E-state index is 0.103. The first kappa shape index (κ1) is 42.4. The van der Waals surface area contributed by atoms with Gasteiger partial charge in [0.05, 0.1) is 51.7 Å². The Morgan fingerprint density at radius 3 is 1.64 bits per heavy atom. The number of fused-ring (bicyclic) bond motifs is 1. The van der Waals surface area contributed by atoms with E-state index < -0.39 is 48.5 Å². The average molecular weight is 803 g/mol. The molecule has 5 aromatic carbocycles. The molecule has 0 bridgehead atoms. The van der Waals surface area contributed by atoms with Gasteiger partial charge in [-0.1, -0.05) is 152 Å². The molecule has 0 spiro atoms. The Labute approximate surface area is 346 Å². The summed E-state index contributed by atoms with van der Waals surface area (Å²) < 4.78 is 51.0. The fourth-order valence-corrected chi connectivity index (χ4v) is 7.64. The zero-order chi connectivity index (χ0) is 40.7. The molecular weight excluding hydrogens is 749 g/mol. The molecule has 10 nitrogen and oxygen atoms in total. The van der Waals surface area contributed by atoms with Gasteiger partial charge >= 0.3 is 0 Å². The lowest BCUT2D eigenvalue weighted by molar-refractivity contribution is -0.299. The second kappa shape index (κ2) is 21.5. The van der Waals surface area contributed by atoms with Crippen molar-refractivity contribution in [2.75, 3.05) is 20.3 Å². The van der Waals surface area contributed by atoms with E-state index in [1.54, 1.807) is 7.11 Å². The molecule has 2 N–H and O–H groups in total. The van der Waals surface area contributed by atoms with E-state index in [2.05, 4.69) is 0 Å². The van der Waals surface area contributed by atoms with Crippen molar-refractivity contribution in [2.24, 2.45) is 5.92 Å². The molecule has 59 heavy (non-hydrogen) atoms. The van der Waals surface area contributed by atoms with Gasteiger partial charge in [0.15, 0.2) is 12.6 Å². The van der Waals surface area contributed by atoms with Crippen LogP contribution in [0.3, 0.4) is 0 Å². The van der Waals surface area contributed by atoms with Crippen LogP contribution in [0.25, 0.3) is 0 Å². The second-order valence-corrected chi connectivity index (χ2v) is 14.8. The first-order valence-electron chi connectivity index (χ1n) is 20.2. The third-order valence-electron chi connectivity index (χ3n) is 10.7. The van der Waals surface area contributed by atoms with Crippen molar-refractivity contribution in [3.63, 3.8) is 0 Å². The predicted molar refractivity (Wildman–Crippen MR) is 222 cm³/mol. The van der Waals surface area contributed by atoms with E-state index in [4.69, 9.17) is 37.9 Å². The quantitative estimate of drug-likeness (QED) is 0.0382. The van der Waals surface area contributed by atoms with Crippen molar-refractivity contribution >= 4 is 0 Å². The van der Waals surface area contributed by atoms with E-state index >= 15 is 0 Å². The molecule has 2 aliphatic rings. The van der Waals surface area contributed by atoms with Crippen LogP contribution in [-0.2, 0) is 70.9 Å². The Bertz CT molecular complexity index is 1970. The van der Waals surface area contributed by atoms with Gasteiger partial charge < -0.3 is 48.1 Å². The normalized spacial score (nSPS) is 23.6. The Morgan fingerprint density at radius 1 is 0.644 bits per heavy atom. The molecule has 1 aliphatic heterocycles. The largest absolute Gasteiger partial charge is 0.510 e. The topological polar surface area (TPSA) is 114 Å². The maximum atomic E-state index is 11.8. The third-order valence-corrected chi connectivity index (χ3v) is 10.7. The molecule has 4 unspecified atom stereocenters. The molecule has 1 heterocycles. The van der Waals surface area contributed by atoms with Gasteiger partial charge in [-0.3, -0.25) is 0 Å². The Balaban J connectivity index is 1.14. The van der Waals surface area contributed by atoms with Gasteiger partial charge in [0, 0.05) is 26.2 Å².